The highest BCUT2D eigenvalue weighted by molar-refractivity contribution is 8.07. The Morgan fingerprint density at radius 2 is 2.03 bits per heavy atom. The van der Waals surface area contributed by atoms with Crippen LogP contribution >= 0.6 is 35.0 Å². The highest BCUT2D eigenvalue weighted by Crippen LogP contribution is 2.59. The van der Waals surface area contributed by atoms with E-state index in [2.05, 4.69) is 4.98 Å². The number of hydrogen-bond donors (Lipinski definition) is 1. The number of fused-ring (bicyclic) bond motifs is 1. The average molecular weight is 465 g/mol. The van der Waals surface area contributed by atoms with Gasteiger partial charge in [0.05, 0.1) is 16.1 Å². The van der Waals surface area contributed by atoms with Crippen LogP contribution < -0.4 is 0 Å². The second kappa shape index (κ2) is 7.59. The zero-order valence-electron chi connectivity index (χ0n) is 16.5. The van der Waals surface area contributed by atoms with Crippen LogP contribution in [0.3, 0.4) is 0 Å². The van der Waals surface area contributed by atoms with Crippen LogP contribution in [0.4, 0.5) is 4.39 Å². The Morgan fingerprint density at radius 3 is 2.60 bits per heavy atom. The van der Waals surface area contributed by atoms with E-state index in [-0.39, 0.29) is 17.0 Å². The standard InChI is InChI=1S/C22H19Cl2FN2O2S/c1-11(2)18-19(21(28)29)30-17-9-22(3,13-5-7-16(24)26-10-13)20(27(17)18)12-4-6-14(23)15(25)8-12/h4-11,20H,1-3H3,(H,28,29)/t20-,22+/m1/s1. The van der Waals surface area contributed by atoms with Gasteiger partial charge in [-0.3, -0.25) is 0 Å². The molecule has 0 saturated carbocycles. The normalized spacial score (nSPS) is 23.2. The number of benzene rings is 1. The number of aliphatic carboxylic acids is 1. The largest absolute Gasteiger partial charge is 0.477 e. The number of pyridine rings is 1. The molecular formula is C22H19Cl2FN2O2S. The van der Waals surface area contributed by atoms with Gasteiger partial charge < -0.3 is 10.0 Å². The molecule has 0 aliphatic carbocycles. The Kier molecular flexibility index (Phi) is 5.37. The first kappa shape index (κ1) is 21.2. The zero-order chi connectivity index (χ0) is 21.8. The van der Waals surface area contributed by atoms with Gasteiger partial charge in [0.15, 0.2) is 0 Å². The summed E-state index contributed by atoms with van der Waals surface area (Å²) in [6.07, 6.45) is 3.75. The molecule has 2 aromatic rings. The van der Waals surface area contributed by atoms with Gasteiger partial charge in [-0.1, -0.05) is 60.9 Å². The Balaban J connectivity index is 1.94. The second-order valence-corrected chi connectivity index (χ2v) is 9.68. The minimum Gasteiger partial charge on any atom is -0.477 e. The molecule has 0 radical (unpaired) electrons. The summed E-state index contributed by atoms with van der Waals surface area (Å²) in [4.78, 5) is 18.5. The van der Waals surface area contributed by atoms with Crippen molar-refractivity contribution < 1.29 is 14.3 Å². The lowest BCUT2D eigenvalue weighted by Crippen LogP contribution is -2.35. The first-order valence-electron chi connectivity index (χ1n) is 9.38. The maximum atomic E-state index is 14.4. The van der Waals surface area contributed by atoms with E-state index in [0.717, 1.165) is 10.6 Å². The molecular weight excluding hydrogens is 446 g/mol. The lowest BCUT2D eigenvalue weighted by Gasteiger charge is -2.38. The Hall–Kier alpha value is -2.02. The maximum absolute atomic E-state index is 14.4. The fourth-order valence-corrected chi connectivity index (χ4v) is 5.78. The van der Waals surface area contributed by atoms with Gasteiger partial charge in [-0.25, -0.2) is 14.2 Å². The van der Waals surface area contributed by atoms with Crippen LogP contribution in [0, 0.1) is 11.7 Å². The fraction of sp³-hybridized carbons (Fsp3) is 0.273. The van der Waals surface area contributed by atoms with Crippen molar-refractivity contribution >= 4 is 40.9 Å². The third-order valence-electron chi connectivity index (χ3n) is 5.54. The van der Waals surface area contributed by atoms with Crippen molar-refractivity contribution in [2.24, 2.45) is 5.92 Å². The molecule has 4 nitrogen and oxygen atoms in total. The predicted molar refractivity (Wildman–Crippen MR) is 118 cm³/mol. The molecule has 2 aliphatic rings. The quantitative estimate of drug-likeness (QED) is 0.531. The number of allylic oxidation sites excluding steroid dienone is 1. The number of thioether (sulfide) groups is 1. The highest BCUT2D eigenvalue weighted by Gasteiger charge is 2.51. The molecule has 2 atom stereocenters. The van der Waals surface area contributed by atoms with Crippen LogP contribution in [-0.4, -0.2) is 21.0 Å². The van der Waals surface area contributed by atoms with Gasteiger partial charge in [-0.15, -0.1) is 0 Å². The van der Waals surface area contributed by atoms with Gasteiger partial charge >= 0.3 is 5.97 Å². The maximum Gasteiger partial charge on any atom is 0.344 e. The summed E-state index contributed by atoms with van der Waals surface area (Å²) < 4.78 is 14.4. The first-order valence-corrected chi connectivity index (χ1v) is 10.9. The monoisotopic (exact) mass is 464 g/mol. The minimum absolute atomic E-state index is 0.0418. The molecule has 0 amide bonds. The lowest BCUT2D eigenvalue weighted by molar-refractivity contribution is -0.131. The Bertz CT molecular complexity index is 1100. The summed E-state index contributed by atoms with van der Waals surface area (Å²) in [5.74, 6) is -1.52. The van der Waals surface area contributed by atoms with E-state index in [9.17, 15) is 14.3 Å². The third-order valence-corrected chi connectivity index (χ3v) is 7.18. The van der Waals surface area contributed by atoms with Gasteiger partial charge in [-0.05, 0) is 48.2 Å². The van der Waals surface area contributed by atoms with Crippen LogP contribution in [0.5, 0.6) is 0 Å². The fourth-order valence-electron chi connectivity index (χ4n) is 4.21. The number of carbonyl (C=O) groups is 1. The number of aromatic nitrogens is 1. The third kappa shape index (κ3) is 3.31. The van der Waals surface area contributed by atoms with Crippen LogP contribution in [0.25, 0.3) is 0 Å². The number of carboxylic acid groups (broad SMARTS) is 1. The molecule has 1 aromatic carbocycles. The van der Waals surface area contributed by atoms with Gasteiger partial charge in [0.2, 0.25) is 0 Å². The van der Waals surface area contributed by atoms with Gasteiger partial charge in [0.1, 0.15) is 15.9 Å². The summed E-state index contributed by atoms with van der Waals surface area (Å²) in [7, 11) is 0. The topological polar surface area (TPSA) is 53.4 Å². The Morgan fingerprint density at radius 1 is 1.30 bits per heavy atom. The van der Waals surface area contributed by atoms with E-state index in [1.165, 1.54) is 23.9 Å². The zero-order valence-corrected chi connectivity index (χ0v) is 18.8. The van der Waals surface area contributed by atoms with Crippen molar-refractivity contribution in [1.29, 1.82) is 0 Å². The van der Waals surface area contributed by atoms with E-state index < -0.39 is 17.2 Å². The molecule has 4 rings (SSSR count). The summed E-state index contributed by atoms with van der Waals surface area (Å²) >= 11 is 13.2. The van der Waals surface area contributed by atoms with E-state index in [4.69, 9.17) is 23.2 Å². The molecule has 156 valence electrons. The van der Waals surface area contributed by atoms with Crippen molar-refractivity contribution in [1.82, 2.24) is 9.88 Å². The van der Waals surface area contributed by atoms with Crippen LogP contribution in [-0.2, 0) is 10.2 Å². The number of halogens is 3. The molecule has 0 unspecified atom stereocenters. The molecule has 1 aromatic heterocycles. The molecule has 3 heterocycles. The number of hydrogen-bond acceptors (Lipinski definition) is 4. The van der Waals surface area contributed by atoms with Gasteiger partial charge in [0, 0.05) is 17.3 Å². The number of nitrogens with zero attached hydrogens (tertiary/aromatic N) is 2. The molecule has 0 spiro atoms. The minimum atomic E-state index is -0.963. The SMILES string of the molecule is CC(C)C1=C(C(=O)O)SC2=C[C@@](C)(c3ccc(Cl)nc3)[C@@H](c3ccc(Cl)c(F)c3)N21. The summed E-state index contributed by atoms with van der Waals surface area (Å²) in [6.45, 7) is 5.96. The molecule has 0 bridgehead atoms. The van der Waals surface area contributed by atoms with Gasteiger partial charge in [0.25, 0.3) is 0 Å². The van der Waals surface area contributed by atoms with Crippen molar-refractivity contribution in [2.75, 3.05) is 0 Å². The predicted octanol–water partition coefficient (Wildman–Crippen LogP) is 6.38. The van der Waals surface area contributed by atoms with Crippen LogP contribution in [0.1, 0.15) is 37.9 Å². The van der Waals surface area contributed by atoms with Crippen molar-refractivity contribution in [2.45, 2.75) is 32.2 Å². The van der Waals surface area contributed by atoms with E-state index in [1.807, 2.05) is 37.8 Å². The lowest BCUT2D eigenvalue weighted by atomic mass is 9.75. The molecule has 0 saturated heterocycles. The van der Waals surface area contributed by atoms with E-state index >= 15 is 0 Å². The molecule has 0 fully saturated rings. The van der Waals surface area contributed by atoms with Gasteiger partial charge in [-0.2, -0.15) is 0 Å². The summed E-state index contributed by atoms with van der Waals surface area (Å²) in [5.41, 5.74) is 1.72. The Labute approximate surface area is 188 Å². The van der Waals surface area contributed by atoms with Crippen LogP contribution in [0.15, 0.2) is 58.2 Å². The molecule has 30 heavy (non-hydrogen) atoms. The highest BCUT2D eigenvalue weighted by atomic mass is 35.5. The van der Waals surface area contributed by atoms with Crippen molar-refractivity contribution in [3.8, 4) is 0 Å². The molecule has 1 N–H and O–H groups in total. The molecule has 2 aliphatic heterocycles. The number of carboxylic acids is 1. The number of rotatable bonds is 4. The van der Waals surface area contributed by atoms with Crippen molar-refractivity contribution in [3.63, 3.8) is 0 Å². The summed E-state index contributed by atoms with van der Waals surface area (Å²) in [6, 6.07) is 7.99. The van der Waals surface area contributed by atoms with Crippen LogP contribution in [0.2, 0.25) is 10.2 Å². The molecule has 8 heteroatoms. The van der Waals surface area contributed by atoms with E-state index in [0.29, 0.717) is 21.3 Å². The first-order chi connectivity index (χ1) is 14.1. The van der Waals surface area contributed by atoms with E-state index in [1.54, 1.807) is 18.3 Å². The summed E-state index contributed by atoms with van der Waals surface area (Å²) in [5, 5.41) is 11.0. The van der Waals surface area contributed by atoms with Crippen molar-refractivity contribution in [3.05, 3.63) is 85.4 Å². The average Bonchev–Trinajstić information content (AvgIpc) is 3.17. The second-order valence-electron chi connectivity index (χ2n) is 7.86. The smallest absolute Gasteiger partial charge is 0.344 e.